The molecule has 0 aliphatic rings. The van der Waals surface area contributed by atoms with Crippen molar-refractivity contribution in [3.63, 3.8) is 0 Å². The summed E-state index contributed by atoms with van der Waals surface area (Å²) in [5, 5.41) is 12.6. The number of nitrogens with zero attached hydrogens (tertiary/aromatic N) is 1. The molecule has 16 heavy (non-hydrogen) atoms. The largest absolute Gasteiger partial charge is 0.394 e. The summed E-state index contributed by atoms with van der Waals surface area (Å²) < 4.78 is 0. The SMILES string of the molecule is CC(C)(CO)NCC(C)(C)c1cccnc1. The average Bonchev–Trinajstić information content (AvgIpc) is 2.28. The number of hydrogen-bond donors (Lipinski definition) is 2. The van der Waals surface area contributed by atoms with Crippen molar-refractivity contribution in [1.82, 2.24) is 10.3 Å². The van der Waals surface area contributed by atoms with E-state index in [-0.39, 0.29) is 17.6 Å². The third-order valence-electron chi connectivity index (χ3n) is 2.85. The van der Waals surface area contributed by atoms with Gasteiger partial charge in [-0.3, -0.25) is 4.98 Å². The van der Waals surface area contributed by atoms with E-state index in [0.717, 1.165) is 6.54 Å². The van der Waals surface area contributed by atoms with Crippen LogP contribution in [0.3, 0.4) is 0 Å². The van der Waals surface area contributed by atoms with E-state index in [4.69, 9.17) is 0 Å². The summed E-state index contributed by atoms with van der Waals surface area (Å²) in [5.41, 5.74) is 0.983. The molecule has 0 saturated heterocycles. The predicted octanol–water partition coefficient (Wildman–Crippen LogP) is 1.72. The molecular weight excluding hydrogens is 200 g/mol. The molecule has 0 atom stereocenters. The van der Waals surface area contributed by atoms with Crippen molar-refractivity contribution in [2.45, 2.75) is 38.6 Å². The maximum atomic E-state index is 9.19. The average molecular weight is 222 g/mol. The number of rotatable bonds is 5. The highest BCUT2D eigenvalue weighted by Gasteiger charge is 2.24. The Hall–Kier alpha value is -0.930. The Bertz CT molecular complexity index is 320. The van der Waals surface area contributed by atoms with Gasteiger partial charge in [0.25, 0.3) is 0 Å². The van der Waals surface area contributed by atoms with Gasteiger partial charge in [-0.05, 0) is 25.5 Å². The van der Waals surface area contributed by atoms with Gasteiger partial charge < -0.3 is 10.4 Å². The lowest BCUT2D eigenvalue weighted by Gasteiger charge is -2.31. The molecule has 1 rings (SSSR count). The van der Waals surface area contributed by atoms with Gasteiger partial charge in [-0.1, -0.05) is 19.9 Å². The van der Waals surface area contributed by atoms with Crippen molar-refractivity contribution in [3.05, 3.63) is 30.1 Å². The fraction of sp³-hybridized carbons (Fsp3) is 0.615. The molecule has 3 heteroatoms. The lowest BCUT2D eigenvalue weighted by Crippen LogP contribution is -2.48. The maximum Gasteiger partial charge on any atom is 0.0607 e. The standard InChI is InChI=1S/C13H22N2O/c1-12(2,9-15-13(3,4)10-16)11-6-5-7-14-8-11/h5-8,15-16H,9-10H2,1-4H3. The molecule has 0 amide bonds. The van der Waals surface area contributed by atoms with Gasteiger partial charge in [0.1, 0.15) is 0 Å². The van der Waals surface area contributed by atoms with E-state index >= 15 is 0 Å². The summed E-state index contributed by atoms with van der Waals surface area (Å²) in [6.07, 6.45) is 3.68. The van der Waals surface area contributed by atoms with E-state index in [9.17, 15) is 5.11 Å². The smallest absolute Gasteiger partial charge is 0.0607 e. The fourth-order valence-electron chi connectivity index (χ4n) is 1.38. The molecule has 0 unspecified atom stereocenters. The fourth-order valence-corrected chi connectivity index (χ4v) is 1.38. The molecule has 0 spiro atoms. The Labute approximate surface area is 97.9 Å². The Balaban J connectivity index is 2.66. The molecule has 1 aromatic heterocycles. The monoisotopic (exact) mass is 222 g/mol. The Morgan fingerprint density at radius 2 is 2.00 bits per heavy atom. The first kappa shape index (κ1) is 13.1. The first-order valence-electron chi connectivity index (χ1n) is 5.64. The van der Waals surface area contributed by atoms with Crippen molar-refractivity contribution in [2.24, 2.45) is 0 Å². The molecule has 1 aromatic rings. The molecule has 90 valence electrons. The Morgan fingerprint density at radius 1 is 1.31 bits per heavy atom. The van der Waals surface area contributed by atoms with Crippen molar-refractivity contribution in [1.29, 1.82) is 0 Å². The molecule has 0 bridgehead atoms. The second-order valence-corrected chi connectivity index (χ2v) is 5.52. The molecule has 0 aliphatic carbocycles. The second-order valence-electron chi connectivity index (χ2n) is 5.52. The summed E-state index contributed by atoms with van der Waals surface area (Å²) in [7, 11) is 0. The number of aromatic nitrogens is 1. The number of nitrogens with one attached hydrogen (secondary N) is 1. The minimum absolute atomic E-state index is 0.0146. The zero-order valence-electron chi connectivity index (χ0n) is 10.6. The molecule has 0 aliphatic heterocycles. The van der Waals surface area contributed by atoms with Gasteiger partial charge >= 0.3 is 0 Å². The topological polar surface area (TPSA) is 45.1 Å². The van der Waals surface area contributed by atoms with E-state index in [1.165, 1.54) is 5.56 Å². The first-order chi connectivity index (χ1) is 7.37. The highest BCUT2D eigenvalue weighted by Crippen LogP contribution is 2.21. The van der Waals surface area contributed by atoms with Crippen molar-refractivity contribution >= 4 is 0 Å². The van der Waals surface area contributed by atoms with Crippen LogP contribution >= 0.6 is 0 Å². The van der Waals surface area contributed by atoms with Gasteiger partial charge in [0.05, 0.1) is 6.61 Å². The molecule has 0 fully saturated rings. The number of hydrogen-bond acceptors (Lipinski definition) is 3. The Kier molecular flexibility index (Phi) is 4.05. The zero-order valence-corrected chi connectivity index (χ0v) is 10.6. The number of aliphatic hydroxyl groups excluding tert-OH is 1. The minimum Gasteiger partial charge on any atom is -0.394 e. The maximum absolute atomic E-state index is 9.19. The van der Waals surface area contributed by atoms with Gasteiger partial charge in [-0.2, -0.15) is 0 Å². The molecule has 3 nitrogen and oxygen atoms in total. The van der Waals surface area contributed by atoms with E-state index in [1.807, 2.05) is 26.1 Å². The van der Waals surface area contributed by atoms with Crippen molar-refractivity contribution in [3.8, 4) is 0 Å². The van der Waals surface area contributed by atoms with Gasteiger partial charge in [0.2, 0.25) is 0 Å². The van der Waals surface area contributed by atoms with E-state index in [0.29, 0.717) is 0 Å². The second kappa shape index (κ2) is 4.93. The third-order valence-corrected chi connectivity index (χ3v) is 2.85. The van der Waals surface area contributed by atoms with Crippen LogP contribution in [-0.2, 0) is 5.41 Å². The normalized spacial score (nSPS) is 12.8. The van der Waals surface area contributed by atoms with Crippen LogP contribution in [0.15, 0.2) is 24.5 Å². The van der Waals surface area contributed by atoms with Crippen LogP contribution in [0.4, 0.5) is 0 Å². The summed E-state index contributed by atoms with van der Waals surface area (Å²) in [5.74, 6) is 0. The van der Waals surface area contributed by atoms with Crippen molar-refractivity contribution < 1.29 is 5.11 Å². The molecule has 0 saturated carbocycles. The van der Waals surface area contributed by atoms with Crippen LogP contribution in [-0.4, -0.2) is 28.8 Å². The summed E-state index contributed by atoms with van der Waals surface area (Å²) >= 11 is 0. The molecular formula is C13H22N2O. The first-order valence-corrected chi connectivity index (χ1v) is 5.64. The van der Waals surface area contributed by atoms with Gasteiger partial charge in [0.15, 0.2) is 0 Å². The van der Waals surface area contributed by atoms with Gasteiger partial charge in [-0.25, -0.2) is 0 Å². The minimum atomic E-state index is -0.237. The summed E-state index contributed by atoms with van der Waals surface area (Å²) in [4.78, 5) is 4.14. The quantitative estimate of drug-likeness (QED) is 0.797. The Morgan fingerprint density at radius 3 is 2.50 bits per heavy atom. The van der Waals surface area contributed by atoms with E-state index in [1.54, 1.807) is 6.20 Å². The van der Waals surface area contributed by atoms with E-state index in [2.05, 4.69) is 30.2 Å². The highest BCUT2D eigenvalue weighted by molar-refractivity contribution is 5.20. The molecule has 2 N–H and O–H groups in total. The number of pyridine rings is 1. The van der Waals surface area contributed by atoms with Gasteiger partial charge in [0, 0.05) is 29.9 Å². The summed E-state index contributed by atoms with van der Waals surface area (Å²) in [6, 6.07) is 4.04. The highest BCUT2D eigenvalue weighted by atomic mass is 16.3. The number of aliphatic hydroxyl groups is 1. The van der Waals surface area contributed by atoms with Crippen LogP contribution in [0.1, 0.15) is 33.3 Å². The van der Waals surface area contributed by atoms with Crippen molar-refractivity contribution in [2.75, 3.05) is 13.2 Å². The van der Waals surface area contributed by atoms with E-state index < -0.39 is 0 Å². The third kappa shape index (κ3) is 3.58. The molecule has 0 aromatic carbocycles. The van der Waals surface area contributed by atoms with Crippen LogP contribution in [0.25, 0.3) is 0 Å². The predicted molar refractivity (Wildman–Crippen MR) is 66.4 cm³/mol. The van der Waals surface area contributed by atoms with Gasteiger partial charge in [-0.15, -0.1) is 0 Å². The van der Waals surface area contributed by atoms with Crippen LogP contribution < -0.4 is 5.32 Å². The molecule has 1 heterocycles. The lowest BCUT2D eigenvalue weighted by atomic mass is 9.85. The van der Waals surface area contributed by atoms with Crippen LogP contribution in [0, 0.1) is 0 Å². The van der Waals surface area contributed by atoms with Crippen LogP contribution in [0.2, 0.25) is 0 Å². The molecule has 0 radical (unpaired) electrons. The lowest BCUT2D eigenvalue weighted by molar-refractivity contribution is 0.181. The zero-order chi connectivity index (χ0) is 12.2. The van der Waals surface area contributed by atoms with Crippen LogP contribution in [0.5, 0.6) is 0 Å². The summed E-state index contributed by atoms with van der Waals surface area (Å²) in [6.45, 7) is 9.27.